The molecule has 1 unspecified atom stereocenters. The molecule has 1 aliphatic heterocycles. The number of nitrogens with one attached hydrogen (secondary N) is 4. The van der Waals surface area contributed by atoms with Gasteiger partial charge in [-0.2, -0.15) is 0 Å². The zero-order valence-corrected chi connectivity index (χ0v) is 17.5. The highest BCUT2D eigenvalue weighted by Gasteiger charge is 2.26. The van der Waals surface area contributed by atoms with Crippen molar-refractivity contribution in [2.75, 3.05) is 12.4 Å². The summed E-state index contributed by atoms with van der Waals surface area (Å²) in [4.78, 5) is 15.6. The number of para-hydroxylation sites is 1. The van der Waals surface area contributed by atoms with Crippen LogP contribution in [0.5, 0.6) is 5.75 Å². The van der Waals surface area contributed by atoms with Crippen molar-refractivity contribution in [2.24, 2.45) is 10.7 Å². The molecule has 8 heteroatoms. The molecule has 0 amide bonds. The minimum Gasteiger partial charge on any atom is -0.497 e. The maximum Gasteiger partial charge on any atom is 0.183 e. The maximum atomic E-state index is 6.59. The topological polar surface area (TPSA) is 116 Å². The summed E-state index contributed by atoms with van der Waals surface area (Å²) in [5.41, 5.74) is 11.6. The third kappa shape index (κ3) is 3.73. The number of nitrogens with zero attached hydrogens (tertiary/aromatic N) is 2. The number of aliphatic imine (C=N–C) groups is 1. The maximum absolute atomic E-state index is 6.59. The van der Waals surface area contributed by atoms with Gasteiger partial charge in [0.1, 0.15) is 22.9 Å². The van der Waals surface area contributed by atoms with Crippen LogP contribution >= 0.6 is 0 Å². The van der Waals surface area contributed by atoms with E-state index in [9.17, 15) is 0 Å². The number of aromatic nitrogens is 3. The molecule has 0 saturated heterocycles. The molecule has 1 aliphatic rings. The SMILES string of the molecule is COc1ccc2[nH]cc(CCC3(N)N=CC=C(Nc4cccc5[nH]c(C)nc45)N3)c2c1. The average molecular weight is 416 g/mol. The number of H-pyrrole nitrogens is 2. The normalized spacial score (nSPS) is 18.2. The summed E-state index contributed by atoms with van der Waals surface area (Å²) < 4.78 is 5.37. The Morgan fingerprint density at radius 2 is 2.10 bits per heavy atom. The second-order valence-electron chi connectivity index (χ2n) is 7.78. The third-order valence-electron chi connectivity index (χ3n) is 5.55. The van der Waals surface area contributed by atoms with Crippen LogP contribution in [-0.4, -0.2) is 34.1 Å². The largest absolute Gasteiger partial charge is 0.497 e. The van der Waals surface area contributed by atoms with E-state index >= 15 is 0 Å². The van der Waals surface area contributed by atoms with Gasteiger partial charge in [0.25, 0.3) is 0 Å². The molecule has 1 atom stereocenters. The van der Waals surface area contributed by atoms with Gasteiger partial charge in [0.05, 0.1) is 18.3 Å². The Kier molecular flexibility index (Phi) is 4.63. The number of fused-ring (bicyclic) bond motifs is 2. The van der Waals surface area contributed by atoms with Crippen molar-refractivity contribution < 1.29 is 4.74 Å². The van der Waals surface area contributed by atoms with Crippen LogP contribution in [0.3, 0.4) is 0 Å². The van der Waals surface area contributed by atoms with Crippen molar-refractivity contribution in [2.45, 2.75) is 25.6 Å². The van der Waals surface area contributed by atoms with Crippen LogP contribution in [-0.2, 0) is 6.42 Å². The van der Waals surface area contributed by atoms with E-state index in [1.165, 1.54) is 5.56 Å². The highest BCUT2D eigenvalue weighted by molar-refractivity contribution is 5.89. The van der Waals surface area contributed by atoms with Gasteiger partial charge in [0, 0.05) is 29.7 Å². The number of hydrogen-bond donors (Lipinski definition) is 5. The Hall–Kier alpha value is -3.78. The fourth-order valence-corrected chi connectivity index (χ4v) is 3.97. The van der Waals surface area contributed by atoms with Crippen molar-refractivity contribution in [3.05, 3.63) is 65.9 Å². The van der Waals surface area contributed by atoms with E-state index in [-0.39, 0.29) is 0 Å². The number of methoxy groups -OCH3 is 1. The quantitative estimate of drug-likeness (QED) is 0.330. The fourth-order valence-electron chi connectivity index (χ4n) is 3.97. The molecule has 0 radical (unpaired) electrons. The van der Waals surface area contributed by atoms with Gasteiger partial charge in [-0.15, -0.1) is 0 Å². The summed E-state index contributed by atoms with van der Waals surface area (Å²) >= 11 is 0. The van der Waals surface area contributed by atoms with Gasteiger partial charge in [-0.3, -0.25) is 10.7 Å². The molecule has 5 rings (SSSR count). The zero-order chi connectivity index (χ0) is 21.4. The van der Waals surface area contributed by atoms with Gasteiger partial charge < -0.3 is 25.3 Å². The molecule has 2 aromatic carbocycles. The van der Waals surface area contributed by atoms with Crippen LogP contribution in [0, 0.1) is 6.92 Å². The number of nitrogens with two attached hydrogens (primary N) is 1. The first-order valence-electron chi connectivity index (χ1n) is 10.2. The van der Waals surface area contributed by atoms with Crippen LogP contribution in [0.25, 0.3) is 21.9 Å². The lowest BCUT2D eigenvalue weighted by Crippen LogP contribution is -2.54. The van der Waals surface area contributed by atoms with Gasteiger partial charge >= 0.3 is 0 Å². The second-order valence-corrected chi connectivity index (χ2v) is 7.78. The zero-order valence-electron chi connectivity index (χ0n) is 17.5. The van der Waals surface area contributed by atoms with E-state index in [0.717, 1.165) is 51.4 Å². The fraction of sp³-hybridized carbons (Fsp3) is 0.217. The van der Waals surface area contributed by atoms with Gasteiger partial charge in [0.15, 0.2) is 5.79 Å². The lowest BCUT2D eigenvalue weighted by atomic mass is 10.0. The Balaban J connectivity index is 1.31. The number of benzene rings is 2. The number of aryl methyl sites for hydroxylation is 2. The summed E-state index contributed by atoms with van der Waals surface area (Å²) in [6.45, 7) is 1.94. The first kappa shape index (κ1) is 19.2. The standard InChI is InChI=1S/C23H25N7O/c1-14-27-19-4-3-5-20(22(19)28-14)29-21-9-11-26-23(24,30-21)10-8-15-13-25-18-7-6-16(31-2)12-17(15)18/h3-7,9,11-13,25,29-30H,8,10,24H2,1-2H3,(H,27,28). The van der Waals surface area contributed by atoms with E-state index in [1.54, 1.807) is 13.3 Å². The number of rotatable bonds is 6. The summed E-state index contributed by atoms with van der Waals surface area (Å²) in [6.07, 6.45) is 7.02. The number of aromatic amines is 2. The van der Waals surface area contributed by atoms with E-state index in [4.69, 9.17) is 10.5 Å². The first-order chi connectivity index (χ1) is 15.0. The van der Waals surface area contributed by atoms with Crippen molar-refractivity contribution >= 4 is 33.8 Å². The lowest BCUT2D eigenvalue weighted by Gasteiger charge is -2.31. The van der Waals surface area contributed by atoms with Gasteiger partial charge in [0.2, 0.25) is 0 Å². The molecular formula is C23H25N7O. The van der Waals surface area contributed by atoms with Crippen LogP contribution in [0.1, 0.15) is 17.8 Å². The van der Waals surface area contributed by atoms with Crippen molar-refractivity contribution in [1.82, 2.24) is 20.3 Å². The second kappa shape index (κ2) is 7.48. The molecule has 6 N–H and O–H groups in total. The minimum atomic E-state index is -0.908. The number of imidazole rings is 1. The van der Waals surface area contributed by atoms with Gasteiger partial charge in [-0.05, 0) is 55.3 Å². The summed E-state index contributed by atoms with van der Waals surface area (Å²) in [7, 11) is 1.68. The number of anilines is 1. The molecule has 0 fully saturated rings. The van der Waals surface area contributed by atoms with Crippen molar-refractivity contribution in [3.63, 3.8) is 0 Å². The molecular weight excluding hydrogens is 390 g/mol. The van der Waals surface area contributed by atoms with E-state index in [1.807, 2.05) is 55.6 Å². The first-order valence-corrected chi connectivity index (χ1v) is 10.2. The molecule has 4 aromatic rings. The molecule has 2 aromatic heterocycles. The molecule has 158 valence electrons. The van der Waals surface area contributed by atoms with Gasteiger partial charge in [-0.25, -0.2) is 4.98 Å². The number of hydrogen-bond acceptors (Lipinski definition) is 6. The Bertz CT molecular complexity index is 1320. The summed E-state index contributed by atoms with van der Waals surface area (Å²) in [6, 6.07) is 12.0. The predicted octanol–water partition coefficient (Wildman–Crippen LogP) is 3.53. The average Bonchev–Trinajstić information content (AvgIpc) is 3.35. The summed E-state index contributed by atoms with van der Waals surface area (Å²) in [5.74, 6) is 1.59. The Morgan fingerprint density at radius 1 is 1.19 bits per heavy atom. The smallest absolute Gasteiger partial charge is 0.183 e. The molecule has 0 saturated carbocycles. The lowest BCUT2D eigenvalue weighted by molar-refractivity contribution is 0.356. The molecule has 0 bridgehead atoms. The molecule has 0 aliphatic carbocycles. The number of ether oxygens (including phenoxy) is 1. The molecule has 31 heavy (non-hydrogen) atoms. The van der Waals surface area contributed by atoms with Crippen LogP contribution in [0.15, 0.2) is 59.5 Å². The van der Waals surface area contributed by atoms with Crippen molar-refractivity contribution in [3.8, 4) is 5.75 Å². The minimum absolute atomic E-state index is 0.623. The third-order valence-corrected chi connectivity index (χ3v) is 5.55. The van der Waals surface area contributed by atoms with E-state index in [0.29, 0.717) is 6.42 Å². The Morgan fingerprint density at radius 3 is 2.97 bits per heavy atom. The highest BCUT2D eigenvalue weighted by atomic mass is 16.5. The highest BCUT2D eigenvalue weighted by Crippen LogP contribution is 2.27. The number of allylic oxidation sites excluding steroid dienone is 1. The van der Waals surface area contributed by atoms with Crippen LogP contribution in [0.2, 0.25) is 0 Å². The molecule has 3 heterocycles. The monoisotopic (exact) mass is 415 g/mol. The molecule has 0 spiro atoms. The van der Waals surface area contributed by atoms with Crippen LogP contribution < -0.4 is 21.1 Å². The van der Waals surface area contributed by atoms with E-state index in [2.05, 4.69) is 30.6 Å². The van der Waals surface area contributed by atoms with Crippen molar-refractivity contribution in [1.29, 1.82) is 0 Å². The van der Waals surface area contributed by atoms with E-state index < -0.39 is 5.79 Å². The predicted molar refractivity (Wildman–Crippen MR) is 124 cm³/mol. The van der Waals surface area contributed by atoms with Gasteiger partial charge in [-0.1, -0.05) is 6.07 Å². The Labute approximate surface area is 179 Å². The van der Waals surface area contributed by atoms with Crippen LogP contribution in [0.4, 0.5) is 5.69 Å². The summed E-state index contributed by atoms with van der Waals surface area (Å²) in [5, 5.41) is 7.88. The molecule has 8 nitrogen and oxygen atoms in total.